The van der Waals surface area contributed by atoms with Crippen molar-refractivity contribution in [1.82, 2.24) is 5.16 Å². The minimum absolute atomic E-state index is 0.0169. The molecule has 0 unspecified atom stereocenters. The molecule has 0 aliphatic rings. The first-order valence-electron chi connectivity index (χ1n) is 4.88. The summed E-state index contributed by atoms with van der Waals surface area (Å²) in [6.45, 7) is 1.71. The Kier molecular flexibility index (Phi) is 3.18. The zero-order valence-corrected chi connectivity index (χ0v) is 10.9. The highest BCUT2D eigenvalue weighted by Crippen LogP contribution is 2.27. The topological polar surface area (TPSA) is 98.2 Å². The average Bonchev–Trinajstić information content (AvgIpc) is 2.77. The largest absolute Gasteiger partial charge is 0.398 e. The normalized spacial score (nSPS) is 11.4. The molecule has 0 saturated heterocycles. The second kappa shape index (κ2) is 4.51. The quantitative estimate of drug-likeness (QED) is 0.842. The van der Waals surface area contributed by atoms with Crippen molar-refractivity contribution in [2.45, 2.75) is 11.8 Å². The Morgan fingerprint density at radius 1 is 1.44 bits per heavy atom. The molecule has 0 amide bonds. The van der Waals surface area contributed by atoms with Crippen LogP contribution in [0.15, 0.2) is 34.0 Å². The summed E-state index contributed by atoms with van der Waals surface area (Å²) >= 11 is 5.90. The van der Waals surface area contributed by atoms with Gasteiger partial charge in [0.25, 0.3) is 10.0 Å². The van der Waals surface area contributed by atoms with Crippen LogP contribution in [0.1, 0.15) is 5.56 Å². The molecule has 0 radical (unpaired) electrons. The highest BCUT2D eigenvalue weighted by atomic mass is 35.5. The molecule has 1 aromatic carbocycles. The lowest BCUT2D eigenvalue weighted by molar-refractivity contribution is 0.420. The number of anilines is 2. The van der Waals surface area contributed by atoms with Gasteiger partial charge >= 0.3 is 0 Å². The molecule has 96 valence electrons. The van der Waals surface area contributed by atoms with Gasteiger partial charge in [0.05, 0.1) is 11.1 Å². The van der Waals surface area contributed by atoms with E-state index in [-0.39, 0.29) is 10.6 Å². The minimum atomic E-state index is -3.76. The zero-order valence-electron chi connectivity index (χ0n) is 9.34. The van der Waals surface area contributed by atoms with Crippen LogP contribution in [-0.2, 0) is 10.0 Å². The van der Waals surface area contributed by atoms with Crippen molar-refractivity contribution in [2.24, 2.45) is 0 Å². The molecule has 1 aromatic heterocycles. The van der Waals surface area contributed by atoms with Gasteiger partial charge in [-0.3, -0.25) is 4.72 Å². The molecular formula is C10H10ClN3O3S. The van der Waals surface area contributed by atoms with Crippen molar-refractivity contribution in [3.05, 3.63) is 35.2 Å². The van der Waals surface area contributed by atoms with Gasteiger partial charge in [0.2, 0.25) is 0 Å². The molecule has 0 aliphatic carbocycles. The van der Waals surface area contributed by atoms with E-state index in [2.05, 4.69) is 14.4 Å². The van der Waals surface area contributed by atoms with Crippen molar-refractivity contribution in [1.29, 1.82) is 0 Å². The Morgan fingerprint density at radius 3 is 2.72 bits per heavy atom. The van der Waals surface area contributed by atoms with E-state index in [0.29, 0.717) is 16.3 Å². The van der Waals surface area contributed by atoms with E-state index in [4.69, 9.17) is 17.3 Å². The summed E-state index contributed by atoms with van der Waals surface area (Å²) in [5.74, 6) is 0. The van der Waals surface area contributed by atoms with Gasteiger partial charge in [-0.1, -0.05) is 16.8 Å². The summed E-state index contributed by atoms with van der Waals surface area (Å²) < 4.78 is 30.9. The van der Waals surface area contributed by atoms with Gasteiger partial charge in [0.1, 0.15) is 12.0 Å². The first-order valence-corrected chi connectivity index (χ1v) is 6.74. The third-order valence-corrected chi connectivity index (χ3v) is 4.11. The van der Waals surface area contributed by atoms with Crippen LogP contribution in [0.5, 0.6) is 0 Å². The van der Waals surface area contributed by atoms with E-state index in [1.165, 1.54) is 24.6 Å². The molecular weight excluding hydrogens is 278 g/mol. The van der Waals surface area contributed by atoms with Gasteiger partial charge in [-0.15, -0.1) is 0 Å². The van der Waals surface area contributed by atoms with E-state index < -0.39 is 10.0 Å². The molecule has 0 spiro atoms. The Morgan fingerprint density at radius 2 is 2.17 bits per heavy atom. The second-order valence-electron chi connectivity index (χ2n) is 3.64. The van der Waals surface area contributed by atoms with Gasteiger partial charge < -0.3 is 10.3 Å². The number of rotatable bonds is 3. The Labute approximate surface area is 109 Å². The monoisotopic (exact) mass is 287 g/mol. The highest BCUT2D eigenvalue weighted by molar-refractivity contribution is 7.92. The van der Waals surface area contributed by atoms with Gasteiger partial charge in [-0.05, 0) is 24.6 Å². The van der Waals surface area contributed by atoms with Crippen molar-refractivity contribution in [3.8, 4) is 0 Å². The van der Waals surface area contributed by atoms with Gasteiger partial charge in [-0.2, -0.15) is 0 Å². The van der Waals surface area contributed by atoms with E-state index in [1.807, 2.05) is 0 Å². The number of sulfonamides is 1. The fourth-order valence-electron chi connectivity index (χ4n) is 1.30. The van der Waals surface area contributed by atoms with Crippen molar-refractivity contribution in [2.75, 3.05) is 10.5 Å². The smallest absolute Gasteiger partial charge is 0.262 e. The van der Waals surface area contributed by atoms with Crippen LogP contribution in [-0.4, -0.2) is 13.6 Å². The maximum atomic E-state index is 12.0. The van der Waals surface area contributed by atoms with Crippen LogP contribution in [0.3, 0.4) is 0 Å². The second-order valence-corrected chi connectivity index (χ2v) is 5.73. The summed E-state index contributed by atoms with van der Waals surface area (Å²) in [5, 5.41) is 3.69. The predicted octanol–water partition coefficient (Wildman–Crippen LogP) is 2.02. The maximum Gasteiger partial charge on any atom is 0.262 e. The average molecular weight is 288 g/mol. The molecule has 0 saturated carbocycles. The van der Waals surface area contributed by atoms with Crippen LogP contribution in [0, 0.1) is 6.92 Å². The van der Waals surface area contributed by atoms with E-state index in [1.54, 1.807) is 6.92 Å². The SMILES string of the molecule is Cc1c(N)cc(S(=O)(=O)Nc2cnoc2)cc1Cl. The fourth-order valence-corrected chi connectivity index (χ4v) is 2.67. The molecule has 0 bridgehead atoms. The third kappa shape index (κ3) is 2.41. The van der Waals surface area contributed by atoms with Crippen LogP contribution in [0.25, 0.3) is 0 Å². The highest BCUT2D eigenvalue weighted by Gasteiger charge is 2.17. The first-order chi connectivity index (χ1) is 8.40. The molecule has 2 aromatic rings. The Bertz CT molecular complexity index is 645. The summed E-state index contributed by atoms with van der Waals surface area (Å²) in [7, 11) is -3.76. The van der Waals surface area contributed by atoms with Crippen molar-refractivity contribution in [3.63, 3.8) is 0 Å². The molecule has 18 heavy (non-hydrogen) atoms. The van der Waals surface area contributed by atoms with Crippen LogP contribution in [0.2, 0.25) is 5.02 Å². The maximum absolute atomic E-state index is 12.0. The van der Waals surface area contributed by atoms with Gasteiger partial charge in [-0.25, -0.2) is 8.42 Å². The molecule has 0 aliphatic heterocycles. The molecule has 0 atom stereocenters. The summed E-state index contributed by atoms with van der Waals surface area (Å²) in [4.78, 5) is -0.0169. The van der Waals surface area contributed by atoms with Crippen LogP contribution in [0.4, 0.5) is 11.4 Å². The number of nitrogens with zero attached hydrogens (tertiary/aromatic N) is 1. The number of hydrogen-bond acceptors (Lipinski definition) is 5. The first kappa shape index (κ1) is 12.7. The number of aromatic nitrogens is 1. The van der Waals surface area contributed by atoms with Gasteiger partial charge in [0.15, 0.2) is 0 Å². The third-order valence-electron chi connectivity index (χ3n) is 2.35. The number of nitrogens with one attached hydrogen (secondary N) is 1. The molecule has 6 nitrogen and oxygen atoms in total. The Hall–Kier alpha value is -1.73. The summed E-state index contributed by atoms with van der Waals surface area (Å²) in [5.41, 5.74) is 6.86. The number of halogens is 1. The predicted molar refractivity (Wildman–Crippen MR) is 67.9 cm³/mol. The van der Waals surface area contributed by atoms with E-state index >= 15 is 0 Å². The summed E-state index contributed by atoms with van der Waals surface area (Å²) in [6.07, 6.45) is 2.42. The van der Waals surface area contributed by atoms with Gasteiger partial charge in [0, 0.05) is 10.7 Å². The van der Waals surface area contributed by atoms with E-state index in [0.717, 1.165) is 0 Å². The number of hydrogen-bond donors (Lipinski definition) is 2. The fraction of sp³-hybridized carbons (Fsp3) is 0.100. The lowest BCUT2D eigenvalue weighted by atomic mass is 10.2. The standard InChI is InChI=1S/C10H10ClN3O3S/c1-6-9(11)2-8(3-10(6)12)18(15,16)14-7-4-13-17-5-7/h2-5,14H,12H2,1H3. The van der Waals surface area contributed by atoms with Crippen LogP contribution < -0.4 is 10.5 Å². The lowest BCUT2D eigenvalue weighted by Gasteiger charge is -2.09. The molecule has 1 heterocycles. The molecule has 2 rings (SSSR count). The molecule has 8 heteroatoms. The Balaban J connectivity index is 2.42. The van der Waals surface area contributed by atoms with Crippen molar-refractivity contribution < 1.29 is 12.9 Å². The number of nitrogen functional groups attached to an aromatic ring is 1. The zero-order chi connectivity index (χ0) is 13.3. The number of benzene rings is 1. The molecule has 0 fully saturated rings. The van der Waals surface area contributed by atoms with E-state index in [9.17, 15) is 8.42 Å². The minimum Gasteiger partial charge on any atom is -0.398 e. The van der Waals surface area contributed by atoms with Crippen LogP contribution >= 0.6 is 11.6 Å². The molecule has 3 N–H and O–H groups in total. The van der Waals surface area contributed by atoms with Crippen molar-refractivity contribution >= 4 is 33.0 Å². The summed E-state index contributed by atoms with van der Waals surface area (Å²) in [6, 6.07) is 2.68. The number of nitrogens with two attached hydrogens (primary N) is 1. The lowest BCUT2D eigenvalue weighted by Crippen LogP contribution is -2.13.